The van der Waals surface area contributed by atoms with Crippen molar-refractivity contribution in [3.63, 3.8) is 0 Å². The first-order valence-electron chi connectivity index (χ1n) is 7.56. The minimum absolute atomic E-state index is 0.721. The summed E-state index contributed by atoms with van der Waals surface area (Å²) in [6, 6.07) is 1.63. The fourth-order valence-electron chi connectivity index (χ4n) is 4.21. The molecule has 0 aromatic carbocycles. The molecule has 2 N–H and O–H groups in total. The molecule has 3 unspecified atom stereocenters. The Morgan fingerprint density at radius 2 is 1.65 bits per heavy atom. The lowest BCUT2D eigenvalue weighted by Gasteiger charge is -2.38. The molecule has 3 atom stereocenters. The Balaban J connectivity index is 1.77. The smallest absolute Gasteiger partial charge is 0.0223 e. The summed E-state index contributed by atoms with van der Waals surface area (Å²) in [6.45, 7) is 6.11. The molecule has 3 fully saturated rings. The van der Waals surface area contributed by atoms with Crippen LogP contribution in [0.2, 0.25) is 0 Å². The van der Waals surface area contributed by atoms with E-state index in [2.05, 4.69) is 9.80 Å². The number of piperidine rings is 2. The van der Waals surface area contributed by atoms with E-state index in [1.165, 1.54) is 64.7 Å². The molecule has 0 aliphatic carbocycles. The van der Waals surface area contributed by atoms with Gasteiger partial charge in [-0.05, 0) is 51.2 Å². The third-order valence-electron chi connectivity index (χ3n) is 5.17. The molecule has 0 amide bonds. The number of nitrogens with zero attached hydrogens (tertiary/aromatic N) is 2. The summed E-state index contributed by atoms with van der Waals surface area (Å²) < 4.78 is 0. The van der Waals surface area contributed by atoms with Crippen LogP contribution < -0.4 is 5.73 Å². The Morgan fingerprint density at radius 3 is 2.47 bits per heavy atom. The van der Waals surface area contributed by atoms with Crippen LogP contribution in [0.1, 0.15) is 38.5 Å². The Morgan fingerprint density at radius 1 is 0.882 bits per heavy atom. The SMILES string of the molecule is NCC1CN2CCCCC2CN2CCCCC12. The second-order valence-electron chi connectivity index (χ2n) is 6.20. The van der Waals surface area contributed by atoms with Gasteiger partial charge in [-0.2, -0.15) is 0 Å². The highest BCUT2D eigenvalue weighted by atomic mass is 15.3. The van der Waals surface area contributed by atoms with Crippen molar-refractivity contribution in [3.05, 3.63) is 0 Å². The van der Waals surface area contributed by atoms with Crippen molar-refractivity contribution in [2.45, 2.75) is 50.6 Å². The van der Waals surface area contributed by atoms with Crippen LogP contribution in [0.5, 0.6) is 0 Å². The number of fused-ring (bicyclic) bond motifs is 2. The molecule has 3 heteroatoms. The second kappa shape index (κ2) is 5.25. The zero-order chi connectivity index (χ0) is 11.7. The highest BCUT2D eigenvalue weighted by molar-refractivity contribution is 4.93. The molecule has 0 aromatic rings. The standard InChI is InChI=1S/C14H27N3/c15-9-12-10-16-7-3-1-5-13(16)11-17-8-4-2-6-14(12)17/h12-14H,1-11,15H2. The first-order chi connectivity index (χ1) is 8.38. The Labute approximate surface area is 105 Å². The molecule has 3 nitrogen and oxygen atoms in total. The van der Waals surface area contributed by atoms with Crippen LogP contribution in [0.25, 0.3) is 0 Å². The maximum atomic E-state index is 6.05. The summed E-state index contributed by atoms with van der Waals surface area (Å²) in [5, 5.41) is 0. The number of nitrogens with two attached hydrogens (primary N) is 1. The van der Waals surface area contributed by atoms with Gasteiger partial charge < -0.3 is 5.73 Å². The van der Waals surface area contributed by atoms with Crippen molar-refractivity contribution in [1.82, 2.24) is 9.80 Å². The molecule has 0 saturated carbocycles. The van der Waals surface area contributed by atoms with E-state index >= 15 is 0 Å². The van der Waals surface area contributed by atoms with Crippen LogP contribution in [-0.2, 0) is 0 Å². The van der Waals surface area contributed by atoms with E-state index in [-0.39, 0.29) is 0 Å². The van der Waals surface area contributed by atoms with Crippen LogP contribution >= 0.6 is 0 Å². The Kier molecular flexibility index (Phi) is 3.69. The van der Waals surface area contributed by atoms with Gasteiger partial charge >= 0.3 is 0 Å². The molecule has 0 bridgehead atoms. The van der Waals surface area contributed by atoms with Gasteiger partial charge in [-0.25, -0.2) is 0 Å². The van der Waals surface area contributed by atoms with E-state index in [4.69, 9.17) is 5.73 Å². The van der Waals surface area contributed by atoms with Crippen LogP contribution in [0.4, 0.5) is 0 Å². The van der Waals surface area contributed by atoms with Crippen molar-refractivity contribution in [3.8, 4) is 0 Å². The van der Waals surface area contributed by atoms with Gasteiger partial charge in [0.15, 0.2) is 0 Å². The normalized spacial score (nSPS) is 40.4. The van der Waals surface area contributed by atoms with E-state index in [0.29, 0.717) is 0 Å². The van der Waals surface area contributed by atoms with Gasteiger partial charge in [0.05, 0.1) is 0 Å². The zero-order valence-electron chi connectivity index (χ0n) is 11.0. The van der Waals surface area contributed by atoms with Crippen molar-refractivity contribution in [2.75, 3.05) is 32.7 Å². The lowest BCUT2D eigenvalue weighted by atomic mass is 9.90. The largest absolute Gasteiger partial charge is 0.330 e. The van der Waals surface area contributed by atoms with Crippen LogP contribution in [0, 0.1) is 5.92 Å². The van der Waals surface area contributed by atoms with E-state index < -0.39 is 0 Å². The summed E-state index contributed by atoms with van der Waals surface area (Å²) in [5.41, 5.74) is 6.05. The lowest BCUT2D eigenvalue weighted by Crippen LogP contribution is -2.47. The molecule has 0 radical (unpaired) electrons. The molecular formula is C14H27N3. The molecule has 3 aliphatic rings. The highest BCUT2D eigenvalue weighted by Crippen LogP contribution is 2.30. The Bertz CT molecular complexity index is 240. The average Bonchev–Trinajstić information content (AvgIpc) is 2.54. The van der Waals surface area contributed by atoms with Gasteiger partial charge in [-0.15, -0.1) is 0 Å². The van der Waals surface area contributed by atoms with Crippen LogP contribution in [0.15, 0.2) is 0 Å². The van der Waals surface area contributed by atoms with E-state index in [1.807, 2.05) is 0 Å². The van der Waals surface area contributed by atoms with Gasteiger partial charge in [0, 0.05) is 25.2 Å². The van der Waals surface area contributed by atoms with E-state index in [0.717, 1.165) is 24.5 Å². The quantitative estimate of drug-likeness (QED) is 0.746. The van der Waals surface area contributed by atoms with Crippen LogP contribution in [-0.4, -0.2) is 54.6 Å². The monoisotopic (exact) mass is 237 g/mol. The molecule has 0 aromatic heterocycles. The minimum Gasteiger partial charge on any atom is -0.330 e. The summed E-state index contributed by atoms with van der Waals surface area (Å²) in [7, 11) is 0. The van der Waals surface area contributed by atoms with Gasteiger partial charge in [0.1, 0.15) is 0 Å². The molecule has 3 heterocycles. The first-order valence-corrected chi connectivity index (χ1v) is 7.56. The molecule has 3 rings (SSSR count). The fraction of sp³-hybridized carbons (Fsp3) is 1.00. The maximum Gasteiger partial charge on any atom is 0.0223 e. The fourth-order valence-corrected chi connectivity index (χ4v) is 4.21. The van der Waals surface area contributed by atoms with Gasteiger partial charge in [-0.1, -0.05) is 12.8 Å². The van der Waals surface area contributed by atoms with Gasteiger partial charge in [0.25, 0.3) is 0 Å². The molecular weight excluding hydrogens is 210 g/mol. The van der Waals surface area contributed by atoms with E-state index in [9.17, 15) is 0 Å². The maximum absolute atomic E-state index is 6.05. The highest BCUT2D eigenvalue weighted by Gasteiger charge is 2.37. The lowest BCUT2D eigenvalue weighted by molar-refractivity contribution is 0.107. The van der Waals surface area contributed by atoms with Crippen LogP contribution in [0.3, 0.4) is 0 Å². The third kappa shape index (κ3) is 2.38. The average molecular weight is 237 g/mol. The van der Waals surface area contributed by atoms with Crippen molar-refractivity contribution in [1.29, 1.82) is 0 Å². The molecule has 0 spiro atoms. The summed E-state index contributed by atoms with van der Waals surface area (Å²) in [5.74, 6) is 0.721. The first kappa shape index (κ1) is 11.9. The predicted molar refractivity (Wildman–Crippen MR) is 71.0 cm³/mol. The van der Waals surface area contributed by atoms with Crippen molar-refractivity contribution in [2.24, 2.45) is 11.7 Å². The van der Waals surface area contributed by atoms with E-state index in [1.54, 1.807) is 0 Å². The number of hydrogen-bond donors (Lipinski definition) is 1. The van der Waals surface area contributed by atoms with Gasteiger partial charge in [0.2, 0.25) is 0 Å². The number of rotatable bonds is 1. The molecule has 17 heavy (non-hydrogen) atoms. The van der Waals surface area contributed by atoms with Crippen molar-refractivity contribution >= 4 is 0 Å². The summed E-state index contributed by atoms with van der Waals surface area (Å²) in [4.78, 5) is 5.52. The minimum atomic E-state index is 0.721. The summed E-state index contributed by atoms with van der Waals surface area (Å²) in [6.07, 6.45) is 8.47. The van der Waals surface area contributed by atoms with Gasteiger partial charge in [-0.3, -0.25) is 9.80 Å². The Hall–Kier alpha value is -0.120. The molecule has 3 aliphatic heterocycles. The van der Waals surface area contributed by atoms with Crippen molar-refractivity contribution < 1.29 is 0 Å². The number of hydrogen-bond acceptors (Lipinski definition) is 3. The third-order valence-corrected chi connectivity index (χ3v) is 5.17. The predicted octanol–water partition coefficient (Wildman–Crippen LogP) is 1.28. The molecule has 3 saturated heterocycles. The molecule has 98 valence electrons. The zero-order valence-corrected chi connectivity index (χ0v) is 11.0. The summed E-state index contributed by atoms with van der Waals surface area (Å²) >= 11 is 0. The second-order valence-corrected chi connectivity index (χ2v) is 6.20. The topological polar surface area (TPSA) is 32.5 Å².